The fourth-order valence-corrected chi connectivity index (χ4v) is 1.50. The number of ether oxygens (including phenoxy) is 1. The Morgan fingerprint density at radius 1 is 1.22 bits per heavy atom. The Balaban J connectivity index is 2.52. The highest BCUT2D eigenvalue weighted by atomic mass is 16.5. The summed E-state index contributed by atoms with van der Waals surface area (Å²) in [6, 6.07) is 7.59. The number of hydrogen-bond acceptors (Lipinski definition) is 3. The van der Waals surface area contributed by atoms with Gasteiger partial charge in [0.25, 0.3) is 0 Å². The quantitative estimate of drug-likeness (QED) is 0.644. The van der Waals surface area contributed by atoms with Crippen LogP contribution in [-0.4, -0.2) is 18.5 Å². The Bertz CT molecular complexity index is 410. The fourth-order valence-electron chi connectivity index (χ4n) is 1.50. The van der Waals surface area contributed by atoms with Crippen molar-refractivity contribution in [1.82, 2.24) is 0 Å². The van der Waals surface area contributed by atoms with Crippen LogP contribution in [0.25, 0.3) is 0 Å². The van der Waals surface area contributed by atoms with E-state index in [1.54, 1.807) is 6.92 Å². The van der Waals surface area contributed by atoms with Crippen molar-refractivity contribution in [3.8, 4) is 0 Å². The van der Waals surface area contributed by atoms with E-state index in [9.17, 15) is 9.59 Å². The highest BCUT2D eigenvalue weighted by molar-refractivity contribution is 6.01. The van der Waals surface area contributed by atoms with Crippen molar-refractivity contribution < 1.29 is 14.3 Å². The normalized spacial score (nSPS) is 10.2. The molecule has 1 N–H and O–H groups in total. The lowest BCUT2D eigenvalue weighted by Crippen LogP contribution is -2.18. The van der Waals surface area contributed by atoms with Crippen molar-refractivity contribution in [3.63, 3.8) is 0 Å². The van der Waals surface area contributed by atoms with Crippen molar-refractivity contribution in [3.05, 3.63) is 29.8 Å². The van der Waals surface area contributed by atoms with Gasteiger partial charge in [0.1, 0.15) is 6.42 Å². The number of anilines is 1. The molecule has 18 heavy (non-hydrogen) atoms. The van der Waals surface area contributed by atoms with E-state index in [1.165, 1.54) is 5.56 Å². The molecule has 98 valence electrons. The first-order chi connectivity index (χ1) is 8.52. The van der Waals surface area contributed by atoms with E-state index in [0.717, 1.165) is 0 Å². The summed E-state index contributed by atoms with van der Waals surface area (Å²) in [7, 11) is 0. The van der Waals surface area contributed by atoms with Crippen LogP contribution in [0.1, 0.15) is 38.7 Å². The molecule has 1 aromatic carbocycles. The zero-order chi connectivity index (χ0) is 13.5. The third-order valence-corrected chi connectivity index (χ3v) is 2.47. The fraction of sp³-hybridized carbons (Fsp3) is 0.429. The van der Waals surface area contributed by atoms with E-state index in [-0.39, 0.29) is 18.9 Å². The van der Waals surface area contributed by atoms with Crippen LogP contribution in [0, 0.1) is 0 Å². The maximum atomic E-state index is 11.5. The lowest BCUT2D eigenvalue weighted by molar-refractivity contribution is -0.145. The van der Waals surface area contributed by atoms with Crippen molar-refractivity contribution >= 4 is 17.6 Å². The molecule has 0 aromatic heterocycles. The molecule has 0 fully saturated rings. The topological polar surface area (TPSA) is 55.4 Å². The monoisotopic (exact) mass is 249 g/mol. The molecule has 0 radical (unpaired) electrons. The number of carbonyl (C=O) groups is 2. The number of nitrogens with one attached hydrogen (secondary N) is 1. The molecule has 0 aliphatic carbocycles. The predicted molar refractivity (Wildman–Crippen MR) is 70.4 cm³/mol. The molecule has 0 spiro atoms. The lowest BCUT2D eigenvalue weighted by Gasteiger charge is -2.08. The zero-order valence-electron chi connectivity index (χ0n) is 11.0. The molecule has 0 aliphatic rings. The number of hydrogen-bond donors (Lipinski definition) is 1. The molecule has 1 amide bonds. The molecule has 0 bridgehead atoms. The largest absolute Gasteiger partial charge is 0.466 e. The van der Waals surface area contributed by atoms with Crippen molar-refractivity contribution in [2.75, 3.05) is 11.9 Å². The van der Waals surface area contributed by atoms with Gasteiger partial charge in [0, 0.05) is 5.69 Å². The van der Waals surface area contributed by atoms with Crippen LogP contribution in [0.3, 0.4) is 0 Å². The van der Waals surface area contributed by atoms with Crippen LogP contribution in [0.5, 0.6) is 0 Å². The average molecular weight is 249 g/mol. The van der Waals surface area contributed by atoms with Crippen LogP contribution in [0.15, 0.2) is 24.3 Å². The van der Waals surface area contributed by atoms with Gasteiger partial charge in [-0.1, -0.05) is 26.0 Å². The molecule has 0 atom stereocenters. The summed E-state index contributed by atoms with van der Waals surface area (Å²) in [5, 5.41) is 2.66. The van der Waals surface area contributed by atoms with Gasteiger partial charge in [-0.2, -0.15) is 0 Å². The maximum Gasteiger partial charge on any atom is 0.315 e. The van der Waals surface area contributed by atoms with Gasteiger partial charge in [0.15, 0.2) is 0 Å². The predicted octanol–water partition coefficient (Wildman–Crippen LogP) is 2.70. The minimum absolute atomic E-state index is 0.250. The third-order valence-electron chi connectivity index (χ3n) is 2.47. The Morgan fingerprint density at radius 3 is 2.33 bits per heavy atom. The van der Waals surface area contributed by atoms with Gasteiger partial charge < -0.3 is 10.1 Å². The summed E-state index contributed by atoms with van der Waals surface area (Å²) in [5.74, 6) is -0.408. The van der Waals surface area contributed by atoms with E-state index >= 15 is 0 Å². The zero-order valence-corrected chi connectivity index (χ0v) is 11.0. The van der Waals surface area contributed by atoms with Gasteiger partial charge in [-0.15, -0.1) is 0 Å². The summed E-state index contributed by atoms with van der Waals surface area (Å²) in [6.07, 6.45) is -0.250. The minimum atomic E-state index is -0.506. The van der Waals surface area contributed by atoms with Crippen LogP contribution in [-0.2, 0) is 14.3 Å². The Labute approximate surface area is 107 Å². The first-order valence-corrected chi connectivity index (χ1v) is 6.08. The molecule has 0 saturated carbocycles. The standard InChI is InChI=1S/C14H19NO3/c1-4-18-14(17)9-13(16)15-12-7-5-11(6-8-12)10(2)3/h5-8,10H,4,9H2,1-3H3,(H,15,16). The van der Waals surface area contributed by atoms with E-state index in [2.05, 4.69) is 19.2 Å². The first kappa shape index (κ1) is 14.2. The number of carbonyl (C=O) groups excluding carboxylic acids is 2. The molecule has 0 saturated heterocycles. The summed E-state index contributed by atoms with van der Waals surface area (Å²) in [6.45, 7) is 6.21. The average Bonchev–Trinajstić information content (AvgIpc) is 2.29. The summed E-state index contributed by atoms with van der Waals surface area (Å²) >= 11 is 0. The third kappa shape index (κ3) is 4.57. The lowest BCUT2D eigenvalue weighted by atomic mass is 10.0. The Hall–Kier alpha value is -1.84. The Kier molecular flexibility index (Phi) is 5.36. The van der Waals surface area contributed by atoms with Gasteiger partial charge in [-0.3, -0.25) is 9.59 Å². The summed E-state index contributed by atoms with van der Waals surface area (Å²) < 4.78 is 4.70. The number of amides is 1. The van der Waals surface area contributed by atoms with Crippen molar-refractivity contribution in [1.29, 1.82) is 0 Å². The second-order valence-electron chi connectivity index (χ2n) is 4.31. The highest BCUT2D eigenvalue weighted by Crippen LogP contribution is 2.17. The van der Waals surface area contributed by atoms with Crippen LogP contribution in [0.4, 0.5) is 5.69 Å². The van der Waals surface area contributed by atoms with Crippen LogP contribution < -0.4 is 5.32 Å². The molecule has 0 aliphatic heterocycles. The van der Waals surface area contributed by atoms with E-state index < -0.39 is 5.97 Å². The van der Waals surface area contributed by atoms with Gasteiger partial charge in [-0.25, -0.2) is 0 Å². The molecular weight excluding hydrogens is 230 g/mol. The molecule has 4 nitrogen and oxygen atoms in total. The summed E-state index contributed by atoms with van der Waals surface area (Å²) in [4.78, 5) is 22.6. The van der Waals surface area contributed by atoms with Gasteiger partial charge in [-0.05, 0) is 30.5 Å². The van der Waals surface area contributed by atoms with Crippen molar-refractivity contribution in [2.45, 2.75) is 33.1 Å². The first-order valence-electron chi connectivity index (χ1n) is 6.08. The van der Waals surface area contributed by atoms with E-state index in [1.807, 2.05) is 24.3 Å². The highest BCUT2D eigenvalue weighted by Gasteiger charge is 2.10. The van der Waals surface area contributed by atoms with Gasteiger partial charge in [0.2, 0.25) is 5.91 Å². The number of esters is 1. The van der Waals surface area contributed by atoms with Gasteiger partial charge >= 0.3 is 5.97 Å². The van der Waals surface area contributed by atoms with Crippen LogP contribution in [0.2, 0.25) is 0 Å². The number of benzene rings is 1. The SMILES string of the molecule is CCOC(=O)CC(=O)Nc1ccc(C(C)C)cc1. The smallest absolute Gasteiger partial charge is 0.315 e. The van der Waals surface area contributed by atoms with E-state index in [0.29, 0.717) is 11.6 Å². The van der Waals surface area contributed by atoms with Crippen molar-refractivity contribution in [2.24, 2.45) is 0 Å². The minimum Gasteiger partial charge on any atom is -0.466 e. The molecule has 0 heterocycles. The van der Waals surface area contributed by atoms with Gasteiger partial charge in [0.05, 0.1) is 6.61 Å². The van der Waals surface area contributed by atoms with Crippen LogP contribution >= 0.6 is 0 Å². The molecule has 1 aromatic rings. The molecule has 0 unspecified atom stereocenters. The number of rotatable bonds is 5. The Morgan fingerprint density at radius 2 is 1.83 bits per heavy atom. The maximum absolute atomic E-state index is 11.5. The molecular formula is C14H19NO3. The summed E-state index contributed by atoms with van der Waals surface area (Å²) in [5.41, 5.74) is 1.90. The second kappa shape index (κ2) is 6.79. The second-order valence-corrected chi connectivity index (χ2v) is 4.31. The molecule has 4 heteroatoms. The van der Waals surface area contributed by atoms with E-state index in [4.69, 9.17) is 4.74 Å². The molecule has 1 rings (SSSR count).